The number of hydrogen-bond donors (Lipinski definition) is 0. The lowest BCUT2D eigenvalue weighted by atomic mass is 10.2. The number of benzene rings is 2. The molecule has 0 saturated heterocycles. The molecule has 6 heteroatoms. The molecule has 2 aromatic rings. The molecule has 4 nitrogen and oxygen atoms in total. The van der Waals surface area contributed by atoms with Crippen LogP contribution in [0.2, 0.25) is 5.02 Å². The van der Waals surface area contributed by atoms with Crippen molar-refractivity contribution in [2.45, 2.75) is 32.9 Å². The highest BCUT2D eigenvalue weighted by atomic mass is 35.5. The van der Waals surface area contributed by atoms with E-state index in [1.807, 2.05) is 50.2 Å². The van der Waals surface area contributed by atoms with Crippen molar-refractivity contribution in [2.24, 2.45) is 4.99 Å². The van der Waals surface area contributed by atoms with Crippen molar-refractivity contribution in [3.63, 3.8) is 0 Å². The van der Waals surface area contributed by atoms with Crippen molar-refractivity contribution in [3.05, 3.63) is 59.1 Å². The number of amidine groups is 1. The molecule has 0 bridgehead atoms. The van der Waals surface area contributed by atoms with Crippen LogP contribution in [0.25, 0.3) is 0 Å². The van der Waals surface area contributed by atoms with E-state index >= 15 is 0 Å². The minimum atomic E-state index is -0.647. The Hall–Kier alpha value is -1.98. The number of nitrogens with zero attached hydrogens (tertiary/aromatic N) is 2. The summed E-state index contributed by atoms with van der Waals surface area (Å²) in [5.74, 6) is 1.38. The summed E-state index contributed by atoms with van der Waals surface area (Å²) in [6, 6.07) is 15.1. The van der Waals surface area contributed by atoms with E-state index in [0.717, 1.165) is 17.0 Å². The smallest absolute Gasteiger partial charge is 0.273 e. The summed E-state index contributed by atoms with van der Waals surface area (Å²) in [7, 11) is 0. The molecule has 0 saturated carbocycles. The van der Waals surface area contributed by atoms with Crippen molar-refractivity contribution < 1.29 is 9.53 Å². The molecular weight excluding hydrogens is 368 g/mol. The van der Waals surface area contributed by atoms with Gasteiger partial charge in [-0.2, -0.15) is 0 Å². The Labute approximate surface area is 163 Å². The molecule has 0 N–H and O–H groups in total. The molecule has 1 amide bonds. The molecule has 0 spiro atoms. The Kier molecular flexibility index (Phi) is 5.89. The Morgan fingerprint density at radius 1 is 1.31 bits per heavy atom. The van der Waals surface area contributed by atoms with Crippen LogP contribution < -0.4 is 9.64 Å². The maximum absolute atomic E-state index is 13.2. The molecule has 3 rings (SSSR count). The molecule has 1 aliphatic rings. The highest BCUT2D eigenvalue weighted by molar-refractivity contribution is 8.14. The summed E-state index contributed by atoms with van der Waals surface area (Å²) in [6.45, 7) is 5.79. The first-order chi connectivity index (χ1) is 12.4. The number of anilines is 1. The minimum Gasteiger partial charge on any atom is -0.481 e. The van der Waals surface area contributed by atoms with Gasteiger partial charge >= 0.3 is 0 Å². The van der Waals surface area contributed by atoms with Gasteiger partial charge in [0.15, 0.2) is 11.3 Å². The van der Waals surface area contributed by atoms with Crippen LogP contribution in [-0.2, 0) is 4.79 Å². The number of ether oxygens (including phenoxy) is 1. The zero-order chi connectivity index (χ0) is 18.7. The quantitative estimate of drug-likeness (QED) is 0.744. The third-order valence-electron chi connectivity index (χ3n) is 3.93. The van der Waals surface area contributed by atoms with Gasteiger partial charge in [-0.15, -0.1) is 0 Å². The lowest BCUT2D eigenvalue weighted by Crippen LogP contribution is -2.43. The second-order valence-electron chi connectivity index (χ2n) is 6.30. The molecule has 0 fully saturated rings. The molecule has 0 aromatic heterocycles. The van der Waals surface area contributed by atoms with Gasteiger partial charge in [0.25, 0.3) is 5.91 Å². The highest BCUT2D eigenvalue weighted by Gasteiger charge is 2.30. The Morgan fingerprint density at radius 2 is 2.04 bits per heavy atom. The van der Waals surface area contributed by atoms with E-state index in [4.69, 9.17) is 16.3 Å². The number of hydrogen-bond acceptors (Lipinski definition) is 4. The lowest BCUT2D eigenvalue weighted by Gasteiger charge is -2.25. The average Bonchev–Trinajstić information content (AvgIpc) is 3.02. The Balaban J connectivity index is 1.86. The van der Waals surface area contributed by atoms with E-state index in [1.54, 1.807) is 35.7 Å². The summed E-state index contributed by atoms with van der Waals surface area (Å²) < 4.78 is 5.89. The first kappa shape index (κ1) is 18.8. The topological polar surface area (TPSA) is 41.9 Å². The maximum Gasteiger partial charge on any atom is 0.273 e. The number of carbonyl (C=O) groups excluding carboxylic acids is 1. The van der Waals surface area contributed by atoms with E-state index < -0.39 is 6.10 Å². The zero-order valence-electron chi connectivity index (χ0n) is 15.0. The molecular formula is C20H21ClN2O2S. The SMILES string of the molecule is Cc1cccc(O[C@H](C)C(=O)N(C2=N[C@@H](C)CS2)c2ccc(Cl)cc2)c1. The monoisotopic (exact) mass is 388 g/mol. The van der Waals surface area contributed by atoms with Crippen molar-refractivity contribution in [2.75, 3.05) is 10.7 Å². The molecule has 2 aromatic carbocycles. The standard InChI is InChI=1S/C20H21ClN2O2S/c1-13-5-4-6-18(11-13)25-15(3)19(24)23(20-22-14(2)12-26-20)17-9-7-16(21)8-10-17/h4-11,14-15H,12H2,1-3H3/t14-,15+/m0/s1. The first-order valence-corrected chi connectivity index (χ1v) is 9.84. The molecule has 1 aliphatic heterocycles. The van der Waals surface area contributed by atoms with Gasteiger partial charge in [0, 0.05) is 10.8 Å². The molecule has 0 unspecified atom stereocenters. The molecule has 1 heterocycles. The number of thioether (sulfide) groups is 1. The van der Waals surface area contributed by atoms with Crippen LogP contribution in [0.5, 0.6) is 5.75 Å². The van der Waals surface area contributed by atoms with Crippen LogP contribution in [-0.4, -0.2) is 29.0 Å². The molecule has 136 valence electrons. The molecule has 2 atom stereocenters. The van der Waals surface area contributed by atoms with E-state index in [-0.39, 0.29) is 11.9 Å². The third kappa shape index (κ3) is 4.40. The number of amides is 1. The first-order valence-electron chi connectivity index (χ1n) is 8.47. The van der Waals surface area contributed by atoms with Crippen molar-refractivity contribution in [1.82, 2.24) is 0 Å². The van der Waals surface area contributed by atoms with E-state index in [9.17, 15) is 4.79 Å². The predicted octanol–water partition coefficient (Wildman–Crippen LogP) is 4.94. The molecule has 26 heavy (non-hydrogen) atoms. The maximum atomic E-state index is 13.2. The third-order valence-corrected chi connectivity index (χ3v) is 5.38. The fourth-order valence-electron chi connectivity index (χ4n) is 2.63. The Bertz CT molecular complexity index is 823. The van der Waals surface area contributed by atoms with E-state index in [1.165, 1.54) is 0 Å². The average molecular weight is 389 g/mol. The van der Waals surface area contributed by atoms with Crippen LogP contribution >= 0.6 is 23.4 Å². The fraction of sp³-hybridized carbons (Fsp3) is 0.300. The van der Waals surface area contributed by atoms with Gasteiger partial charge in [0.2, 0.25) is 0 Å². The minimum absolute atomic E-state index is 0.158. The second-order valence-corrected chi connectivity index (χ2v) is 7.72. The molecule has 0 aliphatic carbocycles. The van der Waals surface area contributed by atoms with Crippen LogP contribution in [0.15, 0.2) is 53.5 Å². The van der Waals surface area contributed by atoms with Gasteiger partial charge in [0.05, 0.1) is 11.7 Å². The summed E-state index contributed by atoms with van der Waals surface area (Å²) in [4.78, 5) is 19.4. The molecule has 0 radical (unpaired) electrons. The van der Waals surface area contributed by atoms with Crippen molar-refractivity contribution in [3.8, 4) is 5.75 Å². The summed E-state index contributed by atoms with van der Waals surface area (Å²) in [5, 5.41) is 1.32. The number of aliphatic imine (C=N–C) groups is 1. The number of aryl methyl sites for hydroxylation is 1. The van der Waals surface area contributed by atoms with E-state index in [2.05, 4.69) is 4.99 Å². The van der Waals surface area contributed by atoms with Gasteiger partial charge in [-0.05, 0) is 62.7 Å². The van der Waals surface area contributed by atoms with Gasteiger partial charge < -0.3 is 4.74 Å². The summed E-state index contributed by atoms with van der Waals surface area (Å²) in [6.07, 6.45) is -0.647. The van der Waals surface area contributed by atoms with Gasteiger partial charge in [-0.3, -0.25) is 14.7 Å². The van der Waals surface area contributed by atoms with E-state index in [0.29, 0.717) is 15.9 Å². The lowest BCUT2D eigenvalue weighted by molar-refractivity contribution is -0.123. The number of carbonyl (C=O) groups is 1. The largest absolute Gasteiger partial charge is 0.481 e. The van der Waals surface area contributed by atoms with Crippen molar-refractivity contribution in [1.29, 1.82) is 0 Å². The normalized spacial score (nSPS) is 17.5. The summed E-state index contributed by atoms with van der Waals surface area (Å²) >= 11 is 7.58. The summed E-state index contributed by atoms with van der Waals surface area (Å²) in [5.41, 5.74) is 1.82. The van der Waals surface area contributed by atoms with Crippen LogP contribution in [0, 0.1) is 6.92 Å². The number of halogens is 1. The predicted molar refractivity (Wildman–Crippen MR) is 110 cm³/mol. The highest BCUT2D eigenvalue weighted by Crippen LogP contribution is 2.28. The van der Waals surface area contributed by atoms with Crippen LogP contribution in [0.1, 0.15) is 19.4 Å². The fourth-order valence-corrected chi connectivity index (χ4v) is 3.80. The van der Waals surface area contributed by atoms with Gasteiger partial charge in [0.1, 0.15) is 5.75 Å². The van der Waals surface area contributed by atoms with Gasteiger partial charge in [-0.25, -0.2) is 0 Å². The van der Waals surface area contributed by atoms with Crippen LogP contribution in [0.3, 0.4) is 0 Å². The van der Waals surface area contributed by atoms with Gasteiger partial charge in [-0.1, -0.05) is 35.5 Å². The number of rotatable bonds is 4. The second kappa shape index (κ2) is 8.14. The zero-order valence-corrected chi connectivity index (χ0v) is 16.6. The Morgan fingerprint density at radius 3 is 2.65 bits per heavy atom. The van der Waals surface area contributed by atoms with Crippen LogP contribution in [0.4, 0.5) is 5.69 Å². The van der Waals surface area contributed by atoms with Crippen molar-refractivity contribution >= 4 is 40.1 Å².